The Balaban J connectivity index is 2.11. The van der Waals surface area contributed by atoms with E-state index in [1.165, 1.54) is 11.1 Å². The lowest BCUT2D eigenvalue weighted by Crippen LogP contribution is -2.23. The molecule has 0 aliphatic carbocycles. The summed E-state index contributed by atoms with van der Waals surface area (Å²) in [6.07, 6.45) is 7.58. The van der Waals surface area contributed by atoms with Crippen LogP contribution in [0.4, 0.5) is 5.82 Å². The zero-order valence-corrected chi connectivity index (χ0v) is 13.4. The Morgan fingerprint density at radius 1 is 1.38 bits per heavy atom. The van der Waals surface area contributed by atoms with Crippen LogP contribution in [-0.4, -0.2) is 27.6 Å². The van der Waals surface area contributed by atoms with Crippen LogP contribution in [0.2, 0.25) is 0 Å². The molecule has 5 heteroatoms. The van der Waals surface area contributed by atoms with E-state index in [0.717, 1.165) is 31.0 Å². The fourth-order valence-corrected chi connectivity index (χ4v) is 2.42. The Labute approximate surface area is 126 Å². The van der Waals surface area contributed by atoms with Gasteiger partial charge in [0.05, 0.1) is 6.54 Å². The summed E-state index contributed by atoms with van der Waals surface area (Å²) in [6, 6.07) is 2.40. The third-order valence-electron chi connectivity index (χ3n) is 3.79. The maximum Gasteiger partial charge on any atom is 0.131 e. The first kappa shape index (κ1) is 15.5. The van der Waals surface area contributed by atoms with E-state index in [4.69, 9.17) is 5.73 Å². The fraction of sp³-hybridized carbons (Fsp3) is 0.500. The third-order valence-corrected chi connectivity index (χ3v) is 3.79. The van der Waals surface area contributed by atoms with Crippen molar-refractivity contribution in [2.45, 2.75) is 39.3 Å². The zero-order valence-electron chi connectivity index (χ0n) is 13.4. The molecule has 2 aromatic heterocycles. The molecule has 0 saturated carbocycles. The Kier molecular flexibility index (Phi) is 4.96. The first-order valence-corrected chi connectivity index (χ1v) is 7.39. The fourth-order valence-electron chi connectivity index (χ4n) is 2.42. The third kappa shape index (κ3) is 3.82. The topological polar surface area (TPSA) is 60.0 Å². The molecular weight excluding hydrogens is 262 g/mol. The minimum Gasteiger partial charge on any atom is -0.352 e. The van der Waals surface area contributed by atoms with E-state index < -0.39 is 0 Å². The van der Waals surface area contributed by atoms with Gasteiger partial charge in [-0.1, -0.05) is 13.0 Å². The van der Waals surface area contributed by atoms with E-state index in [0.29, 0.717) is 0 Å². The van der Waals surface area contributed by atoms with Gasteiger partial charge in [0.2, 0.25) is 0 Å². The van der Waals surface area contributed by atoms with Gasteiger partial charge in [-0.25, -0.2) is 9.97 Å². The molecule has 2 N–H and O–H groups in total. The highest BCUT2D eigenvalue weighted by Crippen LogP contribution is 2.19. The highest BCUT2D eigenvalue weighted by Gasteiger charge is 2.11. The molecule has 0 spiro atoms. The van der Waals surface area contributed by atoms with Crippen molar-refractivity contribution in [1.29, 1.82) is 0 Å². The number of pyridine rings is 1. The minimum absolute atomic E-state index is 0.211. The molecule has 1 atom stereocenters. The lowest BCUT2D eigenvalue weighted by molar-refractivity contribution is 0.644. The lowest BCUT2D eigenvalue weighted by Gasteiger charge is -2.20. The summed E-state index contributed by atoms with van der Waals surface area (Å²) in [6.45, 7) is 4.95. The van der Waals surface area contributed by atoms with Crippen molar-refractivity contribution in [3.05, 3.63) is 41.6 Å². The normalized spacial score (nSPS) is 12.4. The number of aryl methyl sites for hydroxylation is 2. The number of anilines is 1. The highest BCUT2D eigenvalue weighted by atomic mass is 15.2. The van der Waals surface area contributed by atoms with Crippen LogP contribution in [-0.2, 0) is 20.0 Å². The largest absolute Gasteiger partial charge is 0.352 e. The standard InChI is InChI=1S/C16H25N5/c1-5-14(17)9-13-8-12(2)16(19-10-13)21(4)11-15-18-6-7-20(15)3/h6-8,10,14H,5,9,11,17H2,1-4H3. The number of rotatable bonds is 6. The molecule has 0 bridgehead atoms. The van der Waals surface area contributed by atoms with Crippen LogP contribution in [0, 0.1) is 6.92 Å². The number of hydrogen-bond donors (Lipinski definition) is 1. The molecule has 0 aromatic carbocycles. The van der Waals surface area contributed by atoms with Gasteiger partial charge in [-0.2, -0.15) is 0 Å². The van der Waals surface area contributed by atoms with Gasteiger partial charge in [0, 0.05) is 38.7 Å². The summed E-state index contributed by atoms with van der Waals surface area (Å²) >= 11 is 0. The average Bonchev–Trinajstić information content (AvgIpc) is 2.84. The quantitative estimate of drug-likeness (QED) is 0.883. The molecule has 0 aliphatic rings. The van der Waals surface area contributed by atoms with Crippen LogP contribution in [0.25, 0.3) is 0 Å². The number of imidazole rings is 1. The monoisotopic (exact) mass is 287 g/mol. The Bertz CT molecular complexity index is 590. The molecule has 114 valence electrons. The smallest absolute Gasteiger partial charge is 0.131 e. The van der Waals surface area contributed by atoms with E-state index in [9.17, 15) is 0 Å². The molecule has 0 radical (unpaired) electrons. The first-order chi connectivity index (χ1) is 10.0. The molecular formula is C16H25N5. The number of nitrogens with zero attached hydrogens (tertiary/aromatic N) is 4. The van der Waals surface area contributed by atoms with Gasteiger partial charge in [0.25, 0.3) is 0 Å². The van der Waals surface area contributed by atoms with E-state index in [2.05, 4.69) is 34.8 Å². The second-order valence-corrected chi connectivity index (χ2v) is 5.67. The number of aromatic nitrogens is 3. The second kappa shape index (κ2) is 6.72. The van der Waals surface area contributed by atoms with Gasteiger partial charge >= 0.3 is 0 Å². The van der Waals surface area contributed by atoms with Crippen molar-refractivity contribution in [2.75, 3.05) is 11.9 Å². The summed E-state index contributed by atoms with van der Waals surface area (Å²) in [5, 5.41) is 0. The minimum atomic E-state index is 0.211. The maximum atomic E-state index is 6.01. The van der Waals surface area contributed by atoms with Crippen LogP contribution < -0.4 is 10.6 Å². The van der Waals surface area contributed by atoms with Gasteiger partial charge in [0.1, 0.15) is 11.6 Å². The van der Waals surface area contributed by atoms with Crippen LogP contribution in [0.1, 0.15) is 30.3 Å². The zero-order chi connectivity index (χ0) is 15.4. The Hall–Kier alpha value is -1.88. The SMILES string of the molecule is CCC(N)Cc1cnc(N(C)Cc2nccn2C)c(C)c1. The number of nitrogens with two attached hydrogens (primary N) is 1. The molecule has 5 nitrogen and oxygen atoms in total. The van der Waals surface area contributed by atoms with Crippen molar-refractivity contribution in [1.82, 2.24) is 14.5 Å². The van der Waals surface area contributed by atoms with Crippen LogP contribution in [0.3, 0.4) is 0 Å². The van der Waals surface area contributed by atoms with Gasteiger partial charge in [-0.15, -0.1) is 0 Å². The van der Waals surface area contributed by atoms with E-state index in [-0.39, 0.29) is 6.04 Å². The van der Waals surface area contributed by atoms with E-state index in [1.807, 2.05) is 37.3 Å². The van der Waals surface area contributed by atoms with Crippen LogP contribution >= 0.6 is 0 Å². The summed E-state index contributed by atoms with van der Waals surface area (Å²) in [7, 11) is 4.05. The van der Waals surface area contributed by atoms with Crippen molar-refractivity contribution < 1.29 is 0 Å². The van der Waals surface area contributed by atoms with Crippen LogP contribution in [0.5, 0.6) is 0 Å². The Morgan fingerprint density at radius 3 is 2.71 bits per heavy atom. The molecule has 2 heterocycles. The highest BCUT2D eigenvalue weighted by molar-refractivity contribution is 5.46. The van der Waals surface area contributed by atoms with Crippen molar-refractivity contribution in [2.24, 2.45) is 12.8 Å². The number of hydrogen-bond acceptors (Lipinski definition) is 4. The second-order valence-electron chi connectivity index (χ2n) is 5.67. The molecule has 0 aliphatic heterocycles. The Morgan fingerprint density at radius 2 is 2.14 bits per heavy atom. The molecule has 2 rings (SSSR count). The molecule has 2 aromatic rings. The molecule has 0 amide bonds. The predicted molar refractivity (Wildman–Crippen MR) is 86.3 cm³/mol. The van der Waals surface area contributed by atoms with Gasteiger partial charge in [0.15, 0.2) is 0 Å². The van der Waals surface area contributed by atoms with Gasteiger partial charge in [-0.3, -0.25) is 0 Å². The summed E-state index contributed by atoms with van der Waals surface area (Å²) in [5.74, 6) is 2.02. The average molecular weight is 287 g/mol. The maximum absolute atomic E-state index is 6.01. The van der Waals surface area contributed by atoms with Crippen LogP contribution in [0.15, 0.2) is 24.7 Å². The van der Waals surface area contributed by atoms with E-state index >= 15 is 0 Å². The van der Waals surface area contributed by atoms with Crippen molar-refractivity contribution >= 4 is 5.82 Å². The molecule has 0 fully saturated rings. The predicted octanol–water partition coefficient (Wildman–Crippen LogP) is 2.04. The summed E-state index contributed by atoms with van der Waals surface area (Å²) in [4.78, 5) is 11.1. The van der Waals surface area contributed by atoms with Gasteiger partial charge < -0.3 is 15.2 Å². The lowest BCUT2D eigenvalue weighted by atomic mass is 10.0. The molecule has 21 heavy (non-hydrogen) atoms. The summed E-state index contributed by atoms with van der Waals surface area (Å²) in [5.41, 5.74) is 8.39. The van der Waals surface area contributed by atoms with Gasteiger partial charge in [-0.05, 0) is 30.9 Å². The van der Waals surface area contributed by atoms with Crippen molar-refractivity contribution in [3.8, 4) is 0 Å². The van der Waals surface area contributed by atoms with Crippen molar-refractivity contribution in [3.63, 3.8) is 0 Å². The molecule has 0 saturated heterocycles. The molecule has 1 unspecified atom stereocenters. The first-order valence-electron chi connectivity index (χ1n) is 7.39. The summed E-state index contributed by atoms with van der Waals surface area (Å²) < 4.78 is 2.03. The van der Waals surface area contributed by atoms with E-state index in [1.54, 1.807) is 0 Å².